The Balaban J connectivity index is 1.49. The second-order valence-corrected chi connectivity index (χ2v) is 9.87. The van der Waals surface area contributed by atoms with Crippen molar-refractivity contribution in [2.24, 2.45) is 11.8 Å². The minimum atomic E-state index is -0.921. The van der Waals surface area contributed by atoms with E-state index >= 15 is 0 Å². The van der Waals surface area contributed by atoms with Gasteiger partial charge in [0.1, 0.15) is 17.6 Å². The first kappa shape index (κ1) is 22.7. The SMILES string of the molecule is COc1ccc(C(=O)[C@@H]2[C@@H]3C(=O)N(c4cccc(F)c4)C(=O)[C@H]3[C@@H]3C=Cc4ccccc4N23)cc1Br. The number of fused-ring (bicyclic) bond motifs is 5. The summed E-state index contributed by atoms with van der Waals surface area (Å²) in [7, 11) is 1.54. The molecule has 0 aliphatic carbocycles. The van der Waals surface area contributed by atoms with Gasteiger partial charge in [-0.05, 0) is 64.0 Å². The molecule has 2 fully saturated rings. The lowest BCUT2D eigenvalue weighted by Gasteiger charge is -2.36. The fourth-order valence-electron chi connectivity index (χ4n) is 5.67. The Hall–Kier alpha value is -3.78. The van der Waals surface area contributed by atoms with Gasteiger partial charge in [-0.2, -0.15) is 0 Å². The molecular formula is C28H20BrFN2O4. The van der Waals surface area contributed by atoms with E-state index in [0.29, 0.717) is 15.8 Å². The van der Waals surface area contributed by atoms with Crippen LogP contribution in [0.15, 0.2) is 77.3 Å². The van der Waals surface area contributed by atoms with Crippen LogP contribution in [0.5, 0.6) is 5.75 Å². The van der Waals surface area contributed by atoms with Gasteiger partial charge in [-0.1, -0.05) is 36.4 Å². The lowest BCUT2D eigenvalue weighted by molar-refractivity contribution is -0.122. The molecule has 0 aromatic heterocycles. The van der Waals surface area contributed by atoms with Crippen molar-refractivity contribution >= 4 is 51.0 Å². The maximum absolute atomic E-state index is 14.1. The summed E-state index contributed by atoms with van der Waals surface area (Å²) in [6, 6.07) is 16.6. The van der Waals surface area contributed by atoms with Crippen LogP contribution in [0.2, 0.25) is 0 Å². The Morgan fingerprint density at radius 1 is 0.972 bits per heavy atom. The van der Waals surface area contributed by atoms with E-state index in [2.05, 4.69) is 15.9 Å². The number of imide groups is 1. The summed E-state index contributed by atoms with van der Waals surface area (Å²) in [5.41, 5.74) is 2.26. The first-order valence-corrected chi connectivity index (χ1v) is 12.3. The van der Waals surface area contributed by atoms with Gasteiger partial charge < -0.3 is 9.64 Å². The van der Waals surface area contributed by atoms with Crippen molar-refractivity contribution in [1.82, 2.24) is 0 Å². The van der Waals surface area contributed by atoms with Crippen molar-refractivity contribution in [1.29, 1.82) is 0 Å². The highest BCUT2D eigenvalue weighted by Gasteiger charge is 2.64. The fraction of sp³-hybridized carbons (Fsp3) is 0.179. The predicted octanol–water partition coefficient (Wildman–Crippen LogP) is 4.87. The quantitative estimate of drug-likeness (QED) is 0.345. The summed E-state index contributed by atoms with van der Waals surface area (Å²) in [6.07, 6.45) is 3.81. The average Bonchev–Trinajstić information content (AvgIpc) is 3.36. The molecular weight excluding hydrogens is 527 g/mol. The summed E-state index contributed by atoms with van der Waals surface area (Å²) in [4.78, 5) is 44.6. The monoisotopic (exact) mass is 546 g/mol. The lowest BCUT2D eigenvalue weighted by atomic mass is 9.86. The summed E-state index contributed by atoms with van der Waals surface area (Å²) >= 11 is 3.44. The van der Waals surface area contributed by atoms with Crippen LogP contribution >= 0.6 is 15.9 Å². The maximum atomic E-state index is 14.1. The van der Waals surface area contributed by atoms with Crippen molar-refractivity contribution in [3.05, 3.63) is 94.2 Å². The average molecular weight is 547 g/mol. The van der Waals surface area contributed by atoms with Crippen LogP contribution in [0.4, 0.5) is 15.8 Å². The highest BCUT2D eigenvalue weighted by molar-refractivity contribution is 9.10. The fourth-order valence-corrected chi connectivity index (χ4v) is 6.21. The number of para-hydroxylation sites is 1. The minimum absolute atomic E-state index is 0.171. The number of ketones is 1. The number of rotatable bonds is 4. The Morgan fingerprint density at radius 3 is 2.50 bits per heavy atom. The number of nitrogens with zero attached hydrogens (tertiary/aromatic N) is 2. The molecule has 3 aliphatic heterocycles. The Morgan fingerprint density at radius 2 is 1.75 bits per heavy atom. The van der Waals surface area contributed by atoms with Gasteiger partial charge in [-0.3, -0.25) is 14.4 Å². The molecule has 2 saturated heterocycles. The largest absolute Gasteiger partial charge is 0.496 e. The highest BCUT2D eigenvalue weighted by atomic mass is 79.9. The smallest absolute Gasteiger partial charge is 0.240 e. The Kier molecular flexibility index (Phi) is 5.30. The molecule has 180 valence electrons. The van der Waals surface area contributed by atoms with E-state index < -0.39 is 41.6 Å². The molecule has 36 heavy (non-hydrogen) atoms. The zero-order valence-electron chi connectivity index (χ0n) is 19.1. The summed E-state index contributed by atoms with van der Waals surface area (Å²) in [5, 5.41) is 0. The number of amides is 2. The zero-order chi connectivity index (χ0) is 25.1. The third-order valence-corrected chi connectivity index (χ3v) is 7.81. The molecule has 0 spiro atoms. The molecule has 3 aromatic rings. The number of benzene rings is 3. The minimum Gasteiger partial charge on any atom is -0.496 e. The maximum Gasteiger partial charge on any atom is 0.240 e. The number of carbonyl (C=O) groups excluding carboxylic acids is 3. The molecule has 4 atom stereocenters. The number of anilines is 2. The van der Waals surface area contributed by atoms with Crippen LogP contribution in [-0.4, -0.2) is 36.8 Å². The number of hydrogen-bond acceptors (Lipinski definition) is 5. The van der Waals surface area contributed by atoms with Gasteiger partial charge in [-0.15, -0.1) is 0 Å². The van der Waals surface area contributed by atoms with E-state index in [9.17, 15) is 18.8 Å². The van der Waals surface area contributed by atoms with Crippen LogP contribution in [0.3, 0.4) is 0 Å². The molecule has 6 rings (SSSR count). The number of methoxy groups -OCH3 is 1. The van der Waals surface area contributed by atoms with E-state index in [1.165, 1.54) is 25.3 Å². The van der Waals surface area contributed by atoms with E-state index in [0.717, 1.165) is 22.2 Å². The molecule has 0 bridgehead atoms. The molecule has 0 radical (unpaired) electrons. The second-order valence-electron chi connectivity index (χ2n) is 9.02. The van der Waals surface area contributed by atoms with Crippen LogP contribution in [-0.2, 0) is 9.59 Å². The Bertz CT molecular complexity index is 1470. The summed E-state index contributed by atoms with van der Waals surface area (Å²) in [5.74, 6) is -2.87. The summed E-state index contributed by atoms with van der Waals surface area (Å²) in [6.45, 7) is 0. The van der Waals surface area contributed by atoms with Gasteiger partial charge in [0.15, 0.2) is 5.78 Å². The number of Topliss-reactive ketones (excluding diaryl/α,β-unsaturated/α-hetero) is 1. The third-order valence-electron chi connectivity index (χ3n) is 7.19. The van der Waals surface area contributed by atoms with Crippen LogP contribution < -0.4 is 14.5 Å². The van der Waals surface area contributed by atoms with Crippen molar-refractivity contribution in [2.75, 3.05) is 16.9 Å². The van der Waals surface area contributed by atoms with Gasteiger partial charge in [0.2, 0.25) is 11.8 Å². The summed E-state index contributed by atoms with van der Waals surface area (Å²) < 4.78 is 19.9. The van der Waals surface area contributed by atoms with Crippen molar-refractivity contribution in [3.8, 4) is 5.75 Å². The number of hydrogen-bond donors (Lipinski definition) is 0. The molecule has 0 saturated carbocycles. The topological polar surface area (TPSA) is 66.9 Å². The van der Waals surface area contributed by atoms with E-state index in [-0.39, 0.29) is 11.5 Å². The zero-order valence-corrected chi connectivity index (χ0v) is 20.7. The number of ether oxygens (including phenoxy) is 1. The molecule has 3 aliphatic rings. The van der Waals surface area contributed by atoms with E-state index in [1.54, 1.807) is 18.2 Å². The van der Waals surface area contributed by atoms with Crippen LogP contribution in [0, 0.1) is 17.7 Å². The van der Waals surface area contributed by atoms with Crippen molar-refractivity contribution in [3.63, 3.8) is 0 Å². The number of halogens is 2. The van der Waals surface area contributed by atoms with Gasteiger partial charge in [-0.25, -0.2) is 9.29 Å². The van der Waals surface area contributed by atoms with Gasteiger partial charge >= 0.3 is 0 Å². The van der Waals surface area contributed by atoms with Crippen LogP contribution in [0.1, 0.15) is 15.9 Å². The normalized spacial score (nSPS) is 24.0. The van der Waals surface area contributed by atoms with Crippen molar-refractivity contribution in [2.45, 2.75) is 12.1 Å². The molecule has 6 nitrogen and oxygen atoms in total. The lowest BCUT2D eigenvalue weighted by Crippen LogP contribution is -2.48. The standard InChI is InChI=1S/C28H20BrFN2O4/c1-36-22-12-10-16(13-19(22)29)26(33)25-24-23(21-11-9-15-5-2-3-8-20(15)32(21)25)27(34)31(28(24)35)18-7-4-6-17(30)14-18/h2-14,21,23-25H,1H3/t21-,23-,24+,25-/m0/s1. The number of carbonyl (C=O) groups is 3. The molecule has 8 heteroatoms. The highest BCUT2D eigenvalue weighted by Crippen LogP contribution is 2.50. The van der Waals surface area contributed by atoms with E-state index in [1.807, 2.05) is 41.3 Å². The molecule has 2 amide bonds. The Labute approximate surface area is 215 Å². The van der Waals surface area contributed by atoms with E-state index in [4.69, 9.17) is 4.74 Å². The first-order valence-electron chi connectivity index (χ1n) is 11.5. The molecule has 0 N–H and O–H groups in total. The predicted molar refractivity (Wildman–Crippen MR) is 136 cm³/mol. The second kappa shape index (κ2) is 8.41. The molecule has 0 unspecified atom stereocenters. The third kappa shape index (κ3) is 3.24. The van der Waals surface area contributed by atoms with Crippen LogP contribution in [0.25, 0.3) is 6.08 Å². The van der Waals surface area contributed by atoms with Gasteiger partial charge in [0.25, 0.3) is 0 Å². The van der Waals surface area contributed by atoms with Gasteiger partial charge in [0, 0.05) is 11.3 Å². The van der Waals surface area contributed by atoms with Gasteiger partial charge in [0.05, 0.1) is 35.1 Å². The van der Waals surface area contributed by atoms with Crippen molar-refractivity contribution < 1.29 is 23.5 Å². The molecule has 3 heterocycles. The first-order chi connectivity index (χ1) is 17.4. The molecule has 3 aromatic carbocycles.